The quantitative estimate of drug-likeness (QED) is 0.465. The molecule has 3 aromatic heterocycles. The highest BCUT2D eigenvalue weighted by Crippen LogP contribution is 2.21. The summed E-state index contributed by atoms with van der Waals surface area (Å²) in [6.07, 6.45) is 3.35. The number of aromatic nitrogens is 5. The summed E-state index contributed by atoms with van der Waals surface area (Å²) >= 11 is 0. The number of aryl methyl sites for hydroxylation is 1. The van der Waals surface area contributed by atoms with Gasteiger partial charge in [-0.25, -0.2) is 13.9 Å². The topological polar surface area (TPSA) is 85.4 Å². The fourth-order valence-corrected chi connectivity index (χ4v) is 3.66. The molecule has 0 N–H and O–H groups in total. The van der Waals surface area contributed by atoms with Gasteiger partial charge in [0.05, 0.1) is 18.0 Å². The van der Waals surface area contributed by atoms with Crippen LogP contribution in [0.3, 0.4) is 0 Å². The van der Waals surface area contributed by atoms with Crippen molar-refractivity contribution in [1.82, 2.24) is 29.3 Å². The van der Waals surface area contributed by atoms with E-state index < -0.39 is 5.82 Å². The molecule has 0 radical (unpaired) electrons. The van der Waals surface area contributed by atoms with Crippen LogP contribution < -0.4 is 0 Å². The number of carbonyl (C=O) groups excluding carboxylic acids is 2. The summed E-state index contributed by atoms with van der Waals surface area (Å²) < 4.78 is 17.5. The Bertz CT molecular complexity index is 1310. The van der Waals surface area contributed by atoms with Crippen molar-refractivity contribution in [1.29, 1.82) is 0 Å². The number of pyridine rings is 1. The van der Waals surface area contributed by atoms with Crippen LogP contribution in [0.25, 0.3) is 17.0 Å². The summed E-state index contributed by atoms with van der Waals surface area (Å²) in [7, 11) is 1.60. The first kappa shape index (κ1) is 19.1. The van der Waals surface area contributed by atoms with Crippen LogP contribution in [0.4, 0.5) is 4.39 Å². The van der Waals surface area contributed by atoms with Crippen LogP contribution in [0.1, 0.15) is 32.8 Å². The van der Waals surface area contributed by atoms with E-state index in [9.17, 15) is 14.0 Å². The zero-order chi connectivity index (χ0) is 21.5. The van der Waals surface area contributed by atoms with E-state index in [1.54, 1.807) is 11.9 Å². The first-order valence-electron chi connectivity index (χ1n) is 9.96. The van der Waals surface area contributed by atoms with E-state index in [1.807, 2.05) is 30.3 Å². The Morgan fingerprint density at radius 2 is 1.94 bits per heavy atom. The highest BCUT2D eigenvalue weighted by Gasteiger charge is 2.29. The molecule has 4 aromatic rings. The molecule has 1 aliphatic rings. The molecule has 1 aromatic carbocycles. The zero-order valence-corrected chi connectivity index (χ0v) is 16.8. The van der Waals surface area contributed by atoms with Crippen LogP contribution in [0.2, 0.25) is 0 Å². The van der Waals surface area contributed by atoms with Gasteiger partial charge in [0.1, 0.15) is 11.5 Å². The molecule has 1 aliphatic heterocycles. The van der Waals surface area contributed by atoms with Gasteiger partial charge < -0.3 is 4.90 Å². The van der Waals surface area contributed by atoms with E-state index in [0.29, 0.717) is 24.6 Å². The second-order valence-corrected chi connectivity index (χ2v) is 7.53. The monoisotopic (exact) mass is 418 g/mol. The van der Waals surface area contributed by atoms with Crippen LogP contribution in [0, 0.1) is 5.82 Å². The van der Waals surface area contributed by atoms with Crippen LogP contribution in [0.15, 0.2) is 48.8 Å². The molecule has 0 atom stereocenters. The Morgan fingerprint density at radius 1 is 1.16 bits per heavy atom. The van der Waals surface area contributed by atoms with Crippen LogP contribution in [-0.4, -0.2) is 54.1 Å². The normalized spacial score (nSPS) is 13.4. The SMILES string of the molecule is Cn1ncc(C(=O)N2CCC2)c1C(=O)Cc1cc2nc(-c3ccccc3)nn2cc1F. The molecule has 1 amide bonds. The number of hydrogen-bond acceptors (Lipinski definition) is 5. The molecule has 1 fully saturated rings. The molecule has 0 bridgehead atoms. The lowest BCUT2D eigenvalue weighted by Gasteiger charge is -2.30. The average Bonchev–Trinajstić information content (AvgIpc) is 3.30. The fourth-order valence-electron chi connectivity index (χ4n) is 3.66. The maximum atomic E-state index is 14.7. The zero-order valence-electron chi connectivity index (χ0n) is 16.8. The molecule has 156 valence electrons. The van der Waals surface area contributed by atoms with Gasteiger partial charge in [0, 0.05) is 37.7 Å². The van der Waals surface area contributed by atoms with Crippen molar-refractivity contribution in [2.45, 2.75) is 12.8 Å². The highest BCUT2D eigenvalue weighted by atomic mass is 19.1. The molecule has 4 heterocycles. The first-order chi connectivity index (χ1) is 15.0. The minimum Gasteiger partial charge on any atom is -0.338 e. The number of Topliss-reactive ketones (excluding diaryl/α,β-unsaturated/α-hetero) is 1. The second-order valence-electron chi connectivity index (χ2n) is 7.53. The van der Waals surface area contributed by atoms with Gasteiger partial charge in [0.2, 0.25) is 0 Å². The maximum absolute atomic E-state index is 14.7. The number of nitrogens with zero attached hydrogens (tertiary/aromatic N) is 6. The predicted octanol–water partition coefficient (Wildman–Crippen LogP) is 2.54. The summed E-state index contributed by atoms with van der Waals surface area (Å²) in [6.45, 7) is 1.34. The molecule has 9 heteroatoms. The Hall–Kier alpha value is -3.88. The Balaban J connectivity index is 1.45. The highest BCUT2D eigenvalue weighted by molar-refractivity contribution is 6.07. The van der Waals surface area contributed by atoms with Gasteiger partial charge in [0.25, 0.3) is 5.91 Å². The van der Waals surface area contributed by atoms with Gasteiger partial charge in [-0.1, -0.05) is 30.3 Å². The number of hydrogen-bond donors (Lipinski definition) is 0. The second kappa shape index (κ2) is 7.42. The van der Waals surface area contributed by atoms with Crippen molar-refractivity contribution < 1.29 is 14.0 Å². The number of ketones is 1. The molecule has 0 spiro atoms. The summed E-state index contributed by atoms with van der Waals surface area (Å²) in [5.41, 5.74) is 1.87. The third kappa shape index (κ3) is 3.37. The van der Waals surface area contributed by atoms with Crippen LogP contribution in [0.5, 0.6) is 0 Å². The largest absolute Gasteiger partial charge is 0.338 e. The van der Waals surface area contributed by atoms with E-state index in [2.05, 4.69) is 15.2 Å². The third-order valence-electron chi connectivity index (χ3n) is 5.46. The maximum Gasteiger partial charge on any atom is 0.257 e. The van der Waals surface area contributed by atoms with E-state index in [-0.39, 0.29) is 34.9 Å². The van der Waals surface area contributed by atoms with Gasteiger partial charge in [-0.2, -0.15) is 5.10 Å². The summed E-state index contributed by atoms with van der Waals surface area (Å²) in [5, 5.41) is 8.40. The predicted molar refractivity (Wildman–Crippen MR) is 110 cm³/mol. The Kier molecular flexibility index (Phi) is 4.58. The molecule has 1 saturated heterocycles. The van der Waals surface area contributed by atoms with Gasteiger partial charge in [-0.15, -0.1) is 5.10 Å². The van der Waals surface area contributed by atoms with Crippen molar-refractivity contribution in [3.05, 3.63) is 71.4 Å². The van der Waals surface area contributed by atoms with Gasteiger partial charge >= 0.3 is 0 Å². The average molecular weight is 418 g/mol. The van der Waals surface area contributed by atoms with Crippen LogP contribution in [-0.2, 0) is 13.5 Å². The standard InChI is InChI=1S/C22H19FN6O2/c1-27-20(16(12-24-27)22(31)28-8-5-9-28)18(30)10-15-11-19-25-21(14-6-3-2-4-7-14)26-29(19)13-17(15)23/h2-4,6-7,11-13H,5,8-10H2,1H3. The molecule has 8 nitrogen and oxygen atoms in total. The number of halogens is 1. The Labute approximate surface area is 176 Å². The molecular formula is C22H19FN6O2. The van der Waals surface area contributed by atoms with Crippen molar-refractivity contribution >= 4 is 17.3 Å². The van der Waals surface area contributed by atoms with Crippen molar-refractivity contribution in [3.8, 4) is 11.4 Å². The van der Waals surface area contributed by atoms with Crippen molar-refractivity contribution in [3.63, 3.8) is 0 Å². The number of likely N-dealkylation sites (tertiary alicyclic amines) is 1. The molecule has 0 saturated carbocycles. The van der Waals surface area contributed by atoms with E-state index in [0.717, 1.165) is 12.0 Å². The molecule has 0 unspecified atom stereocenters. The summed E-state index contributed by atoms with van der Waals surface area (Å²) in [4.78, 5) is 31.8. The van der Waals surface area contributed by atoms with E-state index in [1.165, 1.54) is 27.7 Å². The van der Waals surface area contributed by atoms with Gasteiger partial charge in [-0.3, -0.25) is 14.3 Å². The van der Waals surface area contributed by atoms with Crippen LogP contribution >= 0.6 is 0 Å². The van der Waals surface area contributed by atoms with Crippen molar-refractivity contribution in [2.75, 3.05) is 13.1 Å². The fraction of sp³-hybridized carbons (Fsp3) is 0.227. The van der Waals surface area contributed by atoms with Gasteiger partial charge in [-0.05, 0) is 12.5 Å². The lowest BCUT2D eigenvalue weighted by atomic mass is 10.0. The number of carbonyl (C=O) groups is 2. The number of amides is 1. The smallest absolute Gasteiger partial charge is 0.257 e. The number of benzene rings is 1. The lowest BCUT2D eigenvalue weighted by molar-refractivity contribution is 0.0647. The third-order valence-corrected chi connectivity index (χ3v) is 5.46. The number of rotatable bonds is 5. The molecule has 0 aliphatic carbocycles. The minimum absolute atomic E-state index is 0.183. The molecule has 5 rings (SSSR count). The lowest BCUT2D eigenvalue weighted by Crippen LogP contribution is -2.42. The van der Waals surface area contributed by atoms with Crippen molar-refractivity contribution in [2.24, 2.45) is 7.05 Å². The minimum atomic E-state index is -0.567. The summed E-state index contributed by atoms with van der Waals surface area (Å²) in [5.74, 6) is -0.695. The van der Waals surface area contributed by atoms with E-state index >= 15 is 0 Å². The van der Waals surface area contributed by atoms with Gasteiger partial charge in [0.15, 0.2) is 17.3 Å². The number of fused-ring (bicyclic) bond motifs is 1. The van der Waals surface area contributed by atoms with E-state index in [4.69, 9.17) is 0 Å². The first-order valence-corrected chi connectivity index (χ1v) is 9.96. The molecular weight excluding hydrogens is 399 g/mol. The Morgan fingerprint density at radius 3 is 2.65 bits per heavy atom. The molecule has 31 heavy (non-hydrogen) atoms. The summed E-state index contributed by atoms with van der Waals surface area (Å²) in [6, 6.07) is 10.9.